The van der Waals surface area contributed by atoms with Crippen molar-refractivity contribution >= 4 is 22.6 Å². The Morgan fingerprint density at radius 1 is 1.28 bits per heavy atom. The number of methoxy groups -OCH3 is 1. The predicted molar refractivity (Wildman–Crippen MR) is 111 cm³/mol. The molecule has 0 atom stereocenters. The third kappa shape index (κ3) is 3.44. The molecule has 0 aliphatic heterocycles. The molecule has 0 saturated heterocycles. The van der Waals surface area contributed by atoms with Gasteiger partial charge in [0.25, 0.3) is 5.91 Å². The monoisotopic (exact) mass is 390 g/mol. The summed E-state index contributed by atoms with van der Waals surface area (Å²) in [5.41, 5.74) is 4.10. The number of nitrogens with zero attached hydrogens (tertiary/aromatic N) is 5. The number of aromatic nitrogens is 5. The molecule has 0 saturated carbocycles. The highest BCUT2D eigenvalue weighted by Crippen LogP contribution is 2.29. The van der Waals surface area contributed by atoms with Crippen molar-refractivity contribution < 1.29 is 9.53 Å². The van der Waals surface area contributed by atoms with Crippen molar-refractivity contribution in [3.05, 3.63) is 54.0 Å². The second-order valence-electron chi connectivity index (χ2n) is 6.73. The van der Waals surface area contributed by atoms with Crippen LogP contribution in [-0.2, 0) is 13.6 Å². The number of hydrogen-bond donors (Lipinski definition) is 1. The fourth-order valence-corrected chi connectivity index (χ4v) is 3.35. The first kappa shape index (κ1) is 18.7. The molecule has 1 aromatic carbocycles. The van der Waals surface area contributed by atoms with Crippen molar-refractivity contribution in [2.75, 3.05) is 12.4 Å². The maximum atomic E-state index is 13.2. The Kier molecular flexibility index (Phi) is 4.75. The molecule has 8 heteroatoms. The Morgan fingerprint density at radius 3 is 2.83 bits per heavy atom. The van der Waals surface area contributed by atoms with Gasteiger partial charge in [-0.2, -0.15) is 10.2 Å². The SMILES string of the molecule is CCn1cc(NC(=O)c2cc(-c3cccc(OC)c3)nc3c2c(C)nn3C)cn1. The van der Waals surface area contributed by atoms with Crippen LogP contribution in [0.5, 0.6) is 5.75 Å². The molecule has 0 spiro atoms. The Balaban J connectivity index is 1.83. The van der Waals surface area contributed by atoms with E-state index in [9.17, 15) is 4.79 Å². The number of aryl methyl sites for hydroxylation is 3. The van der Waals surface area contributed by atoms with Crippen molar-refractivity contribution in [3.8, 4) is 17.0 Å². The number of carbonyl (C=O) groups is 1. The van der Waals surface area contributed by atoms with Gasteiger partial charge in [0, 0.05) is 25.4 Å². The molecule has 0 radical (unpaired) electrons. The number of anilines is 1. The lowest BCUT2D eigenvalue weighted by Gasteiger charge is -2.09. The highest BCUT2D eigenvalue weighted by molar-refractivity contribution is 6.13. The number of carbonyl (C=O) groups excluding carboxylic acids is 1. The van der Waals surface area contributed by atoms with Crippen LogP contribution in [0, 0.1) is 6.92 Å². The summed E-state index contributed by atoms with van der Waals surface area (Å²) in [6.07, 6.45) is 3.44. The van der Waals surface area contributed by atoms with Gasteiger partial charge in [-0.3, -0.25) is 14.2 Å². The van der Waals surface area contributed by atoms with Crippen LogP contribution in [0.1, 0.15) is 23.0 Å². The first-order valence-corrected chi connectivity index (χ1v) is 9.32. The summed E-state index contributed by atoms with van der Waals surface area (Å²) < 4.78 is 8.78. The average molecular weight is 390 g/mol. The summed E-state index contributed by atoms with van der Waals surface area (Å²) in [7, 11) is 3.44. The quantitative estimate of drug-likeness (QED) is 0.564. The topological polar surface area (TPSA) is 86.9 Å². The zero-order chi connectivity index (χ0) is 20.5. The van der Waals surface area contributed by atoms with E-state index < -0.39 is 0 Å². The Hall–Kier alpha value is -3.68. The van der Waals surface area contributed by atoms with Gasteiger partial charge in [0.1, 0.15) is 5.75 Å². The molecule has 0 aliphatic carbocycles. The van der Waals surface area contributed by atoms with Crippen LogP contribution < -0.4 is 10.1 Å². The number of benzene rings is 1. The zero-order valence-corrected chi connectivity index (χ0v) is 16.8. The molecule has 0 fully saturated rings. The first-order chi connectivity index (χ1) is 14.0. The van der Waals surface area contributed by atoms with Gasteiger partial charge in [-0.1, -0.05) is 12.1 Å². The summed E-state index contributed by atoms with van der Waals surface area (Å²) in [4.78, 5) is 17.9. The molecule has 3 heterocycles. The molecule has 0 aliphatic rings. The zero-order valence-electron chi connectivity index (χ0n) is 16.8. The van der Waals surface area contributed by atoms with Gasteiger partial charge < -0.3 is 10.1 Å². The molecule has 4 aromatic rings. The van der Waals surface area contributed by atoms with Gasteiger partial charge in [0.15, 0.2) is 5.65 Å². The van der Waals surface area contributed by atoms with E-state index >= 15 is 0 Å². The van der Waals surface area contributed by atoms with E-state index in [0.717, 1.165) is 28.9 Å². The lowest BCUT2D eigenvalue weighted by Crippen LogP contribution is -2.13. The van der Waals surface area contributed by atoms with Gasteiger partial charge >= 0.3 is 0 Å². The summed E-state index contributed by atoms with van der Waals surface area (Å²) in [5.74, 6) is 0.497. The number of pyridine rings is 1. The Labute approximate surface area is 168 Å². The first-order valence-electron chi connectivity index (χ1n) is 9.32. The van der Waals surface area contributed by atoms with E-state index in [1.165, 1.54) is 0 Å². The third-order valence-electron chi connectivity index (χ3n) is 4.79. The van der Waals surface area contributed by atoms with Crippen LogP contribution in [0.2, 0.25) is 0 Å². The average Bonchev–Trinajstić information content (AvgIpc) is 3.31. The summed E-state index contributed by atoms with van der Waals surface area (Å²) in [6.45, 7) is 4.60. The second kappa shape index (κ2) is 7.38. The second-order valence-corrected chi connectivity index (χ2v) is 6.73. The van der Waals surface area contributed by atoms with Crippen LogP contribution in [0.3, 0.4) is 0 Å². The maximum Gasteiger partial charge on any atom is 0.256 e. The number of fused-ring (bicyclic) bond motifs is 1. The highest BCUT2D eigenvalue weighted by Gasteiger charge is 2.20. The molecule has 3 aromatic heterocycles. The van der Waals surface area contributed by atoms with E-state index in [1.807, 2.05) is 45.2 Å². The number of hydrogen-bond acceptors (Lipinski definition) is 5. The summed E-state index contributed by atoms with van der Waals surface area (Å²) in [5, 5.41) is 12.3. The van der Waals surface area contributed by atoms with E-state index in [0.29, 0.717) is 22.6 Å². The van der Waals surface area contributed by atoms with Crippen molar-refractivity contribution in [1.82, 2.24) is 24.5 Å². The minimum atomic E-state index is -0.228. The fourth-order valence-electron chi connectivity index (χ4n) is 3.35. The molecule has 0 bridgehead atoms. The lowest BCUT2D eigenvalue weighted by molar-refractivity contribution is 0.102. The molecule has 8 nitrogen and oxygen atoms in total. The van der Waals surface area contributed by atoms with Gasteiger partial charge in [-0.25, -0.2) is 4.98 Å². The number of nitrogens with one attached hydrogen (secondary N) is 1. The largest absolute Gasteiger partial charge is 0.497 e. The van der Waals surface area contributed by atoms with Crippen molar-refractivity contribution in [1.29, 1.82) is 0 Å². The number of ether oxygens (including phenoxy) is 1. The van der Waals surface area contributed by atoms with Crippen LogP contribution in [0.25, 0.3) is 22.3 Å². The Morgan fingerprint density at radius 2 is 2.10 bits per heavy atom. The standard InChI is InChI=1S/C21H22N6O2/c1-5-27-12-15(11-22-27)23-21(28)17-10-18(14-7-6-8-16(9-14)29-4)24-20-19(17)13(2)25-26(20)3/h6-12H,5H2,1-4H3,(H,23,28). The summed E-state index contributed by atoms with van der Waals surface area (Å²) in [6, 6.07) is 9.39. The minimum Gasteiger partial charge on any atom is -0.497 e. The van der Waals surface area contributed by atoms with Gasteiger partial charge in [-0.15, -0.1) is 0 Å². The molecule has 0 unspecified atom stereocenters. The van der Waals surface area contributed by atoms with Crippen LogP contribution in [0.4, 0.5) is 5.69 Å². The molecule has 1 amide bonds. The normalized spacial score (nSPS) is 11.0. The molecular formula is C21H22N6O2. The molecule has 29 heavy (non-hydrogen) atoms. The maximum absolute atomic E-state index is 13.2. The van der Waals surface area contributed by atoms with E-state index in [-0.39, 0.29) is 5.91 Å². The fraction of sp³-hybridized carbons (Fsp3) is 0.238. The molecule has 4 rings (SSSR count). The van der Waals surface area contributed by atoms with E-state index in [2.05, 4.69) is 15.5 Å². The van der Waals surface area contributed by atoms with Crippen LogP contribution in [-0.4, -0.2) is 37.6 Å². The van der Waals surface area contributed by atoms with Crippen molar-refractivity contribution in [3.63, 3.8) is 0 Å². The van der Waals surface area contributed by atoms with Crippen LogP contribution in [0.15, 0.2) is 42.7 Å². The summed E-state index contributed by atoms with van der Waals surface area (Å²) >= 11 is 0. The lowest BCUT2D eigenvalue weighted by atomic mass is 10.0. The van der Waals surface area contributed by atoms with Gasteiger partial charge in [0.2, 0.25) is 0 Å². The minimum absolute atomic E-state index is 0.228. The van der Waals surface area contributed by atoms with E-state index in [1.54, 1.807) is 34.9 Å². The number of rotatable bonds is 5. The molecule has 1 N–H and O–H groups in total. The van der Waals surface area contributed by atoms with Crippen molar-refractivity contribution in [2.45, 2.75) is 20.4 Å². The third-order valence-corrected chi connectivity index (χ3v) is 4.79. The molecular weight excluding hydrogens is 368 g/mol. The molecule has 148 valence electrons. The van der Waals surface area contributed by atoms with Gasteiger partial charge in [-0.05, 0) is 32.0 Å². The van der Waals surface area contributed by atoms with Crippen molar-refractivity contribution in [2.24, 2.45) is 7.05 Å². The predicted octanol–water partition coefficient (Wildman–Crippen LogP) is 3.42. The smallest absolute Gasteiger partial charge is 0.256 e. The van der Waals surface area contributed by atoms with Crippen LogP contribution >= 0.6 is 0 Å². The Bertz CT molecular complexity index is 1210. The van der Waals surface area contributed by atoms with Gasteiger partial charge in [0.05, 0.1) is 41.3 Å². The van der Waals surface area contributed by atoms with E-state index in [4.69, 9.17) is 9.72 Å². The number of amides is 1. The highest BCUT2D eigenvalue weighted by atomic mass is 16.5.